The molecule has 9 nitrogen and oxygen atoms in total. The number of carbonyl (C=O) groups excluding carboxylic acids is 1. The molecule has 2 aliphatic heterocycles. The second kappa shape index (κ2) is 16.2. The Labute approximate surface area is 311 Å². The second-order valence-corrected chi connectivity index (χ2v) is 16.2. The smallest absolute Gasteiger partial charge is 0.326 e. The number of piperazine rings is 1. The van der Waals surface area contributed by atoms with Crippen molar-refractivity contribution >= 4 is 69.1 Å². The summed E-state index contributed by atoms with van der Waals surface area (Å²) in [6.45, 7) is 11.6. The molecule has 0 radical (unpaired) electrons. The van der Waals surface area contributed by atoms with Gasteiger partial charge in [-0.05, 0) is 65.4 Å². The van der Waals surface area contributed by atoms with E-state index in [0.717, 1.165) is 22.9 Å². The molecule has 0 unspecified atom stereocenters. The van der Waals surface area contributed by atoms with Gasteiger partial charge in [-0.3, -0.25) is 14.8 Å². The molecule has 3 aromatic carbocycles. The van der Waals surface area contributed by atoms with Gasteiger partial charge in [-0.1, -0.05) is 79.8 Å². The average Bonchev–Trinajstić information content (AvgIpc) is 3.42. The molecule has 0 bridgehead atoms. The molecule has 2 aliphatic rings. The number of sulfonamides is 1. The Bertz CT molecular complexity index is 1760. The van der Waals surface area contributed by atoms with Gasteiger partial charge in [0.2, 0.25) is 10.0 Å². The van der Waals surface area contributed by atoms with Gasteiger partial charge in [-0.2, -0.15) is 0 Å². The van der Waals surface area contributed by atoms with E-state index in [1.54, 1.807) is 4.90 Å². The fourth-order valence-electron chi connectivity index (χ4n) is 6.14. The second-order valence-electron chi connectivity index (χ2n) is 13.1. The zero-order valence-electron chi connectivity index (χ0n) is 28.3. The van der Waals surface area contributed by atoms with Gasteiger partial charge in [-0.25, -0.2) is 17.9 Å². The van der Waals surface area contributed by atoms with Crippen LogP contribution in [0.15, 0.2) is 65.7 Å². The van der Waals surface area contributed by atoms with Crippen molar-refractivity contribution in [2.24, 2.45) is 4.99 Å². The zero-order chi connectivity index (χ0) is 34.8. The van der Waals surface area contributed by atoms with Gasteiger partial charge in [0.05, 0.1) is 24.5 Å². The lowest BCUT2D eigenvalue weighted by molar-refractivity contribution is 0.120. The molecule has 14 heteroatoms. The first-order valence-corrected chi connectivity index (χ1v) is 19.0. The lowest BCUT2D eigenvalue weighted by Crippen LogP contribution is -2.54. The Hall–Kier alpha value is -2.57. The van der Waals surface area contributed by atoms with E-state index < -0.39 is 22.1 Å². The van der Waals surface area contributed by atoms with Crippen LogP contribution in [0.3, 0.4) is 0 Å². The molecule has 0 saturated carbocycles. The summed E-state index contributed by atoms with van der Waals surface area (Å²) in [5.41, 5.74) is 3.07. The van der Waals surface area contributed by atoms with Crippen molar-refractivity contribution in [2.45, 2.75) is 45.2 Å². The van der Waals surface area contributed by atoms with Crippen molar-refractivity contribution in [2.75, 3.05) is 52.1 Å². The topological polar surface area (TPSA) is 94.6 Å². The van der Waals surface area contributed by atoms with Crippen LogP contribution in [-0.2, 0) is 15.4 Å². The number of carbonyl (C=O) groups is 1. The first kappa shape index (κ1) is 39.2. The summed E-state index contributed by atoms with van der Waals surface area (Å²) in [7, 11) is -3.28. The van der Waals surface area contributed by atoms with Crippen LogP contribution < -0.4 is 9.46 Å². The van der Waals surface area contributed by atoms with E-state index in [0.29, 0.717) is 78.1 Å². The minimum atomic E-state index is -3.28. The van der Waals surface area contributed by atoms with E-state index in [9.17, 15) is 13.2 Å². The number of amides is 2. The number of hydrogen-bond donors (Lipinski definition) is 1. The average molecular weight is 772 g/mol. The number of halogens is 4. The number of benzene rings is 3. The zero-order valence-corrected chi connectivity index (χ0v) is 32.2. The van der Waals surface area contributed by atoms with Crippen LogP contribution in [-0.4, -0.2) is 87.1 Å². The van der Waals surface area contributed by atoms with E-state index in [-0.39, 0.29) is 23.9 Å². The maximum atomic E-state index is 14.8. The molecule has 1 saturated heterocycles. The van der Waals surface area contributed by atoms with Crippen LogP contribution in [0.1, 0.15) is 62.0 Å². The number of rotatable bonds is 9. The maximum Gasteiger partial charge on any atom is 0.326 e. The highest BCUT2D eigenvalue weighted by Crippen LogP contribution is 2.46. The van der Waals surface area contributed by atoms with Crippen molar-refractivity contribution < 1.29 is 17.9 Å². The highest BCUT2D eigenvalue weighted by atomic mass is 35.5. The van der Waals surface area contributed by atoms with Crippen LogP contribution in [0.2, 0.25) is 15.1 Å². The fourth-order valence-corrected chi connectivity index (χ4v) is 7.30. The molecule has 2 heterocycles. The van der Waals surface area contributed by atoms with Crippen molar-refractivity contribution in [3.05, 3.63) is 98.0 Å². The molecule has 0 spiro atoms. The Kier molecular flexibility index (Phi) is 13.0. The Morgan fingerprint density at radius 1 is 0.939 bits per heavy atom. The Balaban J connectivity index is 0.00000541. The van der Waals surface area contributed by atoms with E-state index in [2.05, 4.69) is 30.4 Å². The predicted octanol–water partition coefficient (Wildman–Crippen LogP) is 7.60. The number of nitrogens with zero attached hydrogens (tertiary/aromatic N) is 4. The first-order chi connectivity index (χ1) is 22.7. The highest BCUT2D eigenvalue weighted by molar-refractivity contribution is 7.88. The van der Waals surface area contributed by atoms with Crippen LogP contribution in [0, 0.1) is 0 Å². The van der Waals surface area contributed by atoms with Gasteiger partial charge < -0.3 is 9.64 Å². The number of urea groups is 1. The van der Waals surface area contributed by atoms with Crippen LogP contribution in [0.4, 0.5) is 4.79 Å². The standard InChI is InChI=1S/C35H42Cl3N5O4S.ClH/c1-6-47-30-22-28(35(2,3)4)29(38)21-27(30)33-40-31(23-7-11-25(36)12-8-23)32(24-9-13-26(37)14-10-24)43(33)34(44)42-19-17-41(18-20-42)16-15-39-48(5,45)46;/h7-14,21-22,31-32,39H,6,15-20H2,1-5H3;1H/t31-,32+;/m0./s1. The van der Waals surface area contributed by atoms with Crippen molar-refractivity contribution in [3.63, 3.8) is 0 Å². The van der Waals surface area contributed by atoms with Crippen LogP contribution in [0.5, 0.6) is 5.75 Å². The number of hydrogen-bond acceptors (Lipinski definition) is 6. The van der Waals surface area contributed by atoms with Gasteiger partial charge in [0, 0.05) is 54.3 Å². The lowest BCUT2D eigenvalue weighted by atomic mass is 9.86. The third-order valence-corrected chi connectivity index (χ3v) is 10.1. The van der Waals surface area contributed by atoms with Crippen LogP contribution in [0.25, 0.3) is 0 Å². The van der Waals surface area contributed by atoms with E-state index in [1.807, 2.05) is 72.5 Å². The fraction of sp³-hybridized carbons (Fsp3) is 0.429. The third-order valence-electron chi connectivity index (χ3n) is 8.55. The van der Waals surface area contributed by atoms with Crippen LogP contribution >= 0.6 is 47.2 Å². The summed E-state index contributed by atoms with van der Waals surface area (Å²) in [5, 5.41) is 1.75. The van der Waals surface area contributed by atoms with Crippen molar-refractivity contribution in [1.29, 1.82) is 0 Å². The molecule has 0 aromatic heterocycles. The molecule has 2 amide bonds. The van der Waals surface area contributed by atoms with E-state index >= 15 is 0 Å². The summed E-state index contributed by atoms with van der Waals surface area (Å²) < 4.78 is 31.9. The Morgan fingerprint density at radius 3 is 2.04 bits per heavy atom. The van der Waals surface area contributed by atoms with Gasteiger partial charge in [0.15, 0.2) is 0 Å². The van der Waals surface area contributed by atoms with E-state index in [1.165, 1.54) is 0 Å². The largest absolute Gasteiger partial charge is 0.493 e. The van der Waals surface area contributed by atoms with Gasteiger partial charge in [-0.15, -0.1) is 12.4 Å². The third kappa shape index (κ3) is 9.41. The lowest BCUT2D eigenvalue weighted by Gasteiger charge is -2.39. The number of amidine groups is 1. The molecule has 1 fully saturated rings. The Morgan fingerprint density at radius 2 is 1.51 bits per heavy atom. The quantitative estimate of drug-likeness (QED) is 0.242. The molecular formula is C35H43Cl4N5O4S. The van der Waals surface area contributed by atoms with Gasteiger partial charge in [0.25, 0.3) is 0 Å². The molecule has 0 aliphatic carbocycles. The molecule has 2 atom stereocenters. The summed E-state index contributed by atoms with van der Waals surface area (Å²) >= 11 is 19.6. The van der Waals surface area contributed by atoms with Gasteiger partial charge >= 0.3 is 6.03 Å². The summed E-state index contributed by atoms with van der Waals surface area (Å²) in [5.74, 6) is 1.06. The summed E-state index contributed by atoms with van der Waals surface area (Å²) in [6, 6.07) is 17.7. The first-order valence-electron chi connectivity index (χ1n) is 16.0. The molecule has 266 valence electrons. The molecule has 3 aromatic rings. The monoisotopic (exact) mass is 769 g/mol. The van der Waals surface area contributed by atoms with E-state index in [4.69, 9.17) is 44.5 Å². The van der Waals surface area contributed by atoms with Crippen molar-refractivity contribution in [1.82, 2.24) is 19.4 Å². The highest BCUT2D eigenvalue weighted by Gasteiger charge is 2.45. The predicted molar refractivity (Wildman–Crippen MR) is 202 cm³/mol. The number of ether oxygens (including phenoxy) is 1. The SMILES string of the molecule is CCOc1cc(C(C)(C)C)c(Cl)cc1C1=N[C@@H](c2ccc(Cl)cc2)[C@@H](c2ccc(Cl)cc2)N1C(=O)N1CCN(CCNS(C)(=O)=O)CC1.Cl. The minimum Gasteiger partial charge on any atom is -0.493 e. The molecule has 1 N–H and O–H groups in total. The van der Waals surface area contributed by atoms with Gasteiger partial charge in [0.1, 0.15) is 17.6 Å². The maximum absolute atomic E-state index is 14.8. The summed E-state index contributed by atoms with van der Waals surface area (Å²) in [6.07, 6.45) is 1.15. The minimum absolute atomic E-state index is 0. The normalized spacial score (nSPS) is 18.7. The molecule has 5 rings (SSSR count). The van der Waals surface area contributed by atoms with Crippen molar-refractivity contribution in [3.8, 4) is 5.75 Å². The number of aliphatic imine (C=N–C) groups is 1. The molecular weight excluding hydrogens is 728 g/mol. The summed E-state index contributed by atoms with van der Waals surface area (Å²) in [4.78, 5) is 25.9. The number of nitrogens with one attached hydrogen (secondary N) is 1. The molecule has 49 heavy (non-hydrogen) atoms.